The minimum Gasteiger partial charge on any atom is -0.508 e. The predicted molar refractivity (Wildman–Crippen MR) is 64.2 cm³/mol. The van der Waals surface area contributed by atoms with Gasteiger partial charge >= 0.3 is 0 Å². The molecule has 1 aliphatic rings. The van der Waals surface area contributed by atoms with Crippen molar-refractivity contribution in [1.29, 1.82) is 0 Å². The number of aromatic hydroxyl groups is 1. The molecule has 5 heteroatoms. The number of aliphatic hydroxyl groups is 2. The third-order valence-electron chi connectivity index (χ3n) is 3.20. The predicted octanol–water partition coefficient (Wildman–Crippen LogP) is 0.421. The van der Waals surface area contributed by atoms with E-state index in [1.165, 1.54) is 19.1 Å². The summed E-state index contributed by atoms with van der Waals surface area (Å²) in [6, 6.07) is 6.21. The average Bonchev–Trinajstić information content (AvgIpc) is 2.86. The molecule has 1 aromatic rings. The number of aliphatic hydroxyl groups excluding tert-OH is 1. The molecular weight excluding hydrogens is 236 g/mol. The molecule has 1 saturated heterocycles. The number of hydrogen-bond acceptors (Lipinski definition) is 5. The summed E-state index contributed by atoms with van der Waals surface area (Å²) in [5.41, 5.74) is -1.76. The van der Waals surface area contributed by atoms with Crippen molar-refractivity contribution in [2.45, 2.75) is 24.7 Å². The van der Waals surface area contributed by atoms with Crippen molar-refractivity contribution < 1.29 is 26.2 Å². The van der Waals surface area contributed by atoms with Crippen molar-refractivity contribution in [2.75, 3.05) is 19.8 Å². The molecule has 0 radical (unpaired) electrons. The second-order valence-corrected chi connectivity index (χ2v) is 4.43. The molecular formula is C13H18O5. The van der Waals surface area contributed by atoms with Gasteiger partial charge in [0.1, 0.15) is 11.4 Å². The van der Waals surface area contributed by atoms with Crippen LogP contribution in [0, 0.1) is 0 Å². The van der Waals surface area contributed by atoms with E-state index in [1.807, 2.05) is 0 Å². The zero-order valence-electron chi connectivity index (χ0n) is 11.2. The Morgan fingerprint density at radius 1 is 1.39 bits per heavy atom. The molecule has 1 aromatic carbocycles. The van der Waals surface area contributed by atoms with Gasteiger partial charge in [-0.05, 0) is 18.6 Å². The van der Waals surface area contributed by atoms with Gasteiger partial charge in [-0.2, -0.15) is 0 Å². The number of para-hydroxylation sites is 1. The van der Waals surface area contributed by atoms with Crippen LogP contribution in [0.2, 0.25) is 0 Å². The van der Waals surface area contributed by atoms with Gasteiger partial charge < -0.3 is 24.8 Å². The largest absolute Gasteiger partial charge is 0.508 e. The fourth-order valence-corrected chi connectivity index (χ4v) is 1.95. The summed E-state index contributed by atoms with van der Waals surface area (Å²) in [6.07, 6.45) is -1.30. The maximum atomic E-state index is 10.6. The molecule has 100 valence electrons. The first kappa shape index (κ1) is 11.9. The molecule has 5 nitrogen and oxygen atoms in total. The minimum absolute atomic E-state index is 0.115. The van der Waals surface area contributed by atoms with Gasteiger partial charge in [0, 0.05) is 7.77 Å². The molecule has 0 aromatic heterocycles. The van der Waals surface area contributed by atoms with Crippen molar-refractivity contribution in [2.24, 2.45) is 0 Å². The van der Waals surface area contributed by atoms with Gasteiger partial charge in [-0.25, -0.2) is 0 Å². The van der Waals surface area contributed by atoms with E-state index in [1.54, 1.807) is 12.1 Å². The highest BCUT2D eigenvalue weighted by atomic mass is 16.7. The molecule has 0 spiro atoms. The Morgan fingerprint density at radius 3 is 2.56 bits per heavy atom. The number of benzene rings is 1. The molecule has 3 N–H and O–H groups in total. The van der Waals surface area contributed by atoms with Crippen molar-refractivity contribution in [1.82, 2.24) is 0 Å². The van der Waals surface area contributed by atoms with Crippen LogP contribution in [0.1, 0.15) is 13.9 Å². The molecule has 0 aliphatic carbocycles. The normalized spacial score (nSPS) is 24.3. The smallest absolute Gasteiger partial charge is 0.197 e. The van der Waals surface area contributed by atoms with Gasteiger partial charge in [0.2, 0.25) is 0 Å². The highest BCUT2D eigenvalue weighted by Gasteiger charge is 2.51. The fraction of sp³-hybridized carbons (Fsp3) is 0.538. The Hall–Kier alpha value is -1.14. The molecule has 18 heavy (non-hydrogen) atoms. The molecule has 0 unspecified atom stereocenters. The van der Waals surface area contributed by atoms with E-state index in [2.05, 4.69) is 0 Å². The van der Waals surface area contributed by atoms with Gasteiger partial charge in [-0.15, -0.1) is 0 Å². The molecule has 2 atom stereocenters. The Morgan fingerprint density at radius 2 is 2.00 bits per heavy atom. The van der Waals surface area contributed by atoms with E-state index in [0.29, 0.717) is 0 Å². The number of phenolic OH excluding ortho intramolecular Hbond substituents is 1. The Labute approximate surface area is 107 Å². The number of hydrogen-bond donors (Lipinski definition) is 3. The number of phenols is 1. The summed E-state index contributed by atoms with van der Waals surface area (Å²) in [5, 5.41) is 29.9. The fourth-order valence-electron chi connectivity index (χ4n) is 1.95. The zero-order valence-corrected chi connectivity index (χ0v) is 10.2. The molecule has 1 fully saturated rings. The standard InChI is InChI=1S/C13H18O5/c1-12(17-6-7-18-12)13(16,9-14)8-10-4-2-3-5-11(10)15/h2-5,14-16H,6-9H2,1H3/t13-/m0/s1/i8D/t8-,13-. The van der Waals surface area contributed by atoms with E-state index in [9.17, 15) is 15.3 Å². The molecule has 0 amide bonds. The third kappa shape index (κ3) is 2.22. The average molecular weight is 255 g/mol. The lowest BCUT2D eigenvalue weighted by molar-refractivity contribution is -0.268. The summed E-state index contributed by atoms with van der Waals surface area (Å²) >= 11 is 0. The first-order valence-corrected chi connectivity index (χ1v) is 5.76. The van der Waals surface area contributed by atoms with Crippen LogP contribution in [-0.2, 0) is 15.9 Å². The Bertz CT molecular complexity index is 446. The van der Waals surface area contributed by atoms with Gasteiger partial charge in [-0.3, -0.25) is 0 Å². The van der Waals surface area contributed by atoms with Crippen molar-refractivity contribution in [3.05, 3.63) is 29.8 Å². The first-order chi connectivity index (χ1) is 8.94. The Kier molecular flexibility index (Phi) is 3.22. The number of ether oxygens (including phenoxy) is 2. The second kappa shape index (κ2) is 4.85. The van der Waals surface area contributed by atoms with Crippen LogP contribution in [0.3, 0.4) is 0 Å². The van der Waals surface area contributed by atoms with Crippen LogP contribution < -0.4 is 0 Å². The van der Waals surface area contributed by atoms with Gasteiger partial charge in [0.05, 0.1) is 19.8 Å². The first-order valence-electron chi connectivity index (χ1n) is 6.33. The minimum atomic E-state index is -1.97. The maximum Gasteiger partial charge on any atom is 0.197 e. The van der Waals surface area contributed by atoms with Crippen LogP contribution >= 0.6 is 0 Å². The monoisotopic (exact) mass is 255 g/mol. The van der Waals surface area contributed by atoms with Crippen molar-refractivity contribution >= 4 is 0 Å². The van der Waals surface area contributed by atoms with Crippen molar-refractivity contribution in [3.8, 4) is 5.75 Å². The van der Waals surface area contributed by atoms with Gasteiger partial charge in [0.25, 0.3) is 0 Å². The zero-order chi connectivity index (χ0) is 14.1. The van der Waals surface area contributed by atoms with E-state index in [4.69, 9.17) is 10.8 Å². The highest BCUT2D eigenvalue weighted by Crippen LogP contribution is 2.35. The third-order valence-corrected chi connectivity index (χ3v) is 3.20. The topological polar surface area (TPSA) is 79.2 Å². The van der Waals surface area contributed by atoms with Crippen LogP contribution in [0.15, 0.2) is 24.3 Å². The second-order valence-electron chi connectivity index (χ2n) is 4.43. The van der Waals surface area contributed by atoms with Crippen LogP contribution in [0.4, 0.5) is 0 Å². The maximum absolute atomic E-state index is 10.6. The molecule has 0 saturated carbocycles. The van der Waals surface area contributed by atoms with Crippen LogP contribution in [0.5, 0.6) is 5.75 Å². The Balaban J connectivity index is 2.38. The SMILES string of the molecule is [2H][C@@H](c1ccccc1O)[C@](O)(CO)C1(C)OCCO1. The van der Waals surface area contributed by atoms with E-state index in [0.717, 1.165) is 0 Å². The summed E-state index contributed by atoms with van der Waals surface area (Å²) in [5.74, 6) is -1.59. The summed E-state index contributed by atoms with van der Waals surface area (Å²) < 4.78 is 18.9. The van der Waals surface area contributed by atoms with E-state index in [-0.39, 0.29) is 24.5 Å². The molecule has 0 bridgehead atoms. The van der Waals surface area contributed by atoms with Gasteiger partial charge in [0.15, 0.2) is 5.79 Å². The van der Waals surface area contributed by atoms with Crippen molar-refractivity contribution in [3.63, 3.8) is 0 Å². The van der Waals surface area contributed by atoms with E-state index < -0.39 is 24.4 Å². The van der Waals surface area contributed by atoms with E-state index >= 15 is 0 Å². The molecule has 2 rings (SSSR count). The van der Waals surface area contributed by atoms with Crippen LogP contribution in [-0.4, -0.2) is 46.5 Å². The lowest BCUT2D eigenvalue weighted by atomic mass is 9.87. The highest BCUT2D eigenvalue weighted by molar-refractivity contribution is 5.33. The summed E-state index contributed by atoms with van der Waals surface area (Å²) in [6.45, 7) is 1.34. The lowest BCUT2D eigenvalue weighted by Crippen LogP contribution is -2.57. The number of rotatable bonds is 4. The summed E-state index contributed by atoms with van der Waals surface area (Å²) in [7, 11) is 0. The van der Waals surface area contributed by atoms with Crippen LogP contribution in [0.25, 0.3) is 0 Å². The molecule has 1 aliphatic heterocycles. The summed E-state index contributed by atoms with van der Waals surface area (Å²) in [4.78, 5) is 0. The lowest BCUT2D eigenvalue weighted by Gasteiger charge is -2.39. The van der Waals surface area contributed by atoms with Gasteiger partial charge in [-0.1, -0.05) is 18.2 Å². The molecule has 1 heterocycles. The quantitative estimate of drug-likeness (QED) is 0.726.